The summed E-state index contributed by atoms with van der Waals surface area (Å²) in [6.07, 6.45) is 0. The number of thiophene rings is 1. The van der Waals surface area contributed by atoms with Crippen molar-refractivity contribution in [1.82, 2.24) is 5.32 Å². The van der Waals surface area contributed by atoms with Gasteiger partial charge in [0.1, 0.15) is 0 Å². The van der Waals surface area contributed by atoms with Crippen LogP contribution in [0.5, 0.6) is 0 Å². The van der Waals surface area contributed by atoms with Crippen LogP contribution in [-0.4, -0.2) is 12.5 Å². The van der Waals surface area contributed by atoms with Crippen LogP contribution < -0.4 is 11.1 Å². The molecule has 0 aliphatic rings. The van der Waals surface area contributed by atoms with Gasteiger partial charge >= 0.3 is 0 Å². The standard InChI is InChI=1S/C16H22N2OS/c1-10(2)16(3,4)9-18-15(19)14-8-11-7-12(17)5-6-13(11)20-14/h5-8,10H,9,17H2,1-4H3,(H,18,19). The van der Waals surface area contributed by atoms with E-state index in [2.05, 4.69) is 33.0 Å². The third kappa shape index (κ3) is 3.12. The summed E-state index contributed by atoms with van der Waals surface area (Å²) < 4.78 is 1.09. The fourth-order valence-corrected chi connectivity index (χ4v) is 2.73. The molecule has 0 atom stereocenters. The molecule has 0 unspecified atom stereocenters. The zero-order valence-corrected chi connectivity index (χ0v) is 13.3. The molecule has 0 aliphatic heterocycles. The maximum Gasteiger partial charge on any atom is 0.261 e. The molecule has 0 radical (unpaired) electrons. The third-order valence-electron chi connectivity index (χ3n) is 4.03. The number of fused-ring (bicyclic) bond motifs is 1. The number of hydrogen-bond donors (Lipinski definition) is 2. The second-order valence-electron chi connectivity index (χ2n) is 6.23. The average Bonchev–Trinajstić information content (AvgIpc) is 2.78. The van der Waals surface area contributed by atoms with Crippen LogP contribution in [0, 0.1) is 11.3 Å². The highest BCUT2D eigenvalue weighted by molar-refractivity contribution is 7.20. The van der Waals surface area contributed by atoms with Crippen LogP contribution in [-0.2, 0) is 0 Å². The molecule has 2 aromatic rings. The van der Waals surface area contributed by atoms with Gasteiger partial charge in [0.25, 0.3) is 5.91 Å². The molecule has 1 aromatic carbocycles. The van der Waals surface area contributed by atoms with Gasteiger partial charge in [-0.05, 0) is 41.0 Å². The summed E-state index contributed by atoms with van der Waals surface area (Å²) in [5.41, 5.74) is 6.58. The first-order valence-corrected chi connectivity index (χ1v) is 7.68. The van der Waals surface area contributed by atoms with Crippen LogP contribution >= 0.6 is 11.3 Å². The molecule has 1 amide bonds. The van der Waals surface area contributed by atoms with E-state index in [0.29, 0.717) is 12.5 Å². The average molecular weight is 290 g/mol. The largest absolute Gasteiger partial charge is 0.399 e. The quantitative estimate of drug-likeness (QED) is 0.839. The summed E-state index contributed by atoms with van der Waals surface area (Å²) in [6, 6.07) is 7.64. The van der Waals surface area contributed by atoms with Gasteiger partial charge in [-0.2, -0.15) is 0 Å². The second-order valence-corrected chi connectivity index (χ2v) is 7.32. The van der Waals surface area contributed by atoms with Crippen LogP contribution in [0.3, 0.4) is 0 Å². The summed E-state index contributed by atoms with van der Waals surface area (Å²) in [6.45, 7) is 9.37. The minimum absolute atomic E-state index is 0.00139. The van der Waals surface area contributed by atoms with Crippen molar-refractivity contribution in [3.63, 3.8) is 0 Å². The molecule has 0 saturated carbocycles. The Morgan fingerprint density at radius 2 is 2.05 bits per heavy atom. The van der Waals surface area contributed by atoms with Crippen molar-refractivity contribution >= 4 is 33.0 Å². The molecule has 4 heteroatoms. The Bertz CT molecular complexity index is 628. The smallest absolute Gasteiger partial charge is 0.261 e. The lowest BCUT2D eigenvalue weighted by molar-refractivity contribution is 0.0929. The molecule has 0 fully saturated rings. The summed E-state index contributed by atoms with van der Waals surface area (Å²) in [4.78, 5) is 13.0. The highest BCUT2D eigenvalue weighted by Crippen LogP contribution is 2.28. The highest BCUT2D eigenvalue weighted by atomic mass is 32.1. The molecule has 2 rings (SSSR count). The topological polar surface area (TPSA) is 55.1 Å². The van der Waals surface area contributed by atoms with E-state index in [1.54, 1.807) is 0 Å². The summed E-state index contributed by atoms with van der Waals surface area (Å²) in [7, 11) is 0. The van der Waals surface area contributed by atoms with Crippen molar-refractivity contribution in [1.29, 1.82) is 0 Å². The van der Waals surface area contributed by atoms with E-state index in [-0.39, 0.29) is 11.3 Å². The van der Waals surface area contributed by atoms with Crippen LogP contribution in [0.1, 0.15) is 37.4 Å². The molecule has 0 saturated heterocycles. The fraction of sp³-hybridized carbons (Fsp3) is 0.438. The highest BCUT2D eigenvalue weighted by Gasteiger charge is 2.23. The number of benzene rings is 1. The van der Waals surface area contributed by atoms with Gasteiger partial charge in [-0.25, -0.2) is 0 Å². The molecule has 108 valence electrons. The summed E-state index contributed by atoms with van der Waals surface area (Å²) in [5.74, 6) is 0.517. The van der Waals surface area contributed by atoms with Gasteiger partial charge in [0.15, 0.2) is 0 Å². The van der Waals surface area contributed by atoms with Crippen molar-refractivity contribution in [2.75, 3.05) is 12.3 Å². The van der Waals surface area contributed by atoms with Crippen molar-refractivity contribution < 1.29 is 4.79 Å². The number of carbonyl (C=O) groups is 1. The fourth-order valence-electron chi connectivity index (χ4n) is 1.77. The molecule has 3 nitrogen and oxygen atoms in total. The number of hydrogen-bond acceptors (Lipinski definition) is 3. The van der Waals surface area contributed by atoms with E-state index < -0.39 is 0 Å². The Kier molecular flexibility index (Phi) is 4.04. The van der Waals surface area contributed by atoms with E-state index >= 15 is 0 Å². The van der Waals surface area contributed by atoms with E-state index in [9.17, 15) is 4.79 Å². The van der Waals surface area contributed by atoms with Gasteiger partial charge in [-0.3, -0.25) is 4.79 Å². The first-order valence-electron chi connectivity index (χ1n) is 6.87. The zero-order valence-electron chi connectivity index (χ0n) is 12.5. The molecule has 1 heterocycles. The predicted molar refractivity (Wildman–Crippen MR) is 87.2 cm³/mol. The van der Waals surface area contributed by atoms with E-state index in [1.165, 1.54) is 11.3 Å². The Hall–Kier alpha value is -1.55. The minimum atomic E-state index is -0.00139. The van der Waals surface area contributed by atoms with Crippen LogP contribution in [0.4, 0.5) is 5.69 Å². The molecule has 0 aliphatic carbocycles. The third-order valence-corrected chi connectivity index (χ3v) is 5.15. The zero-order chi connectivity index (χ0) is 14.9. The predicted octanol–water partition coefficient (Wildman–Crippen LogP) is 3.90. The van der Waals surface area contributed by atoms with Crippen molar-refractivity contribution in [3.05, 3.63) is 29.1 Å². The lowest BCUT2D eigenvalue weighted by Crippen LogP contribution is -2.36. The van der Waals surface area contributed by atoms with Crippen LogP contribution in [0.25, 0.3) is 10.1 Å². The number of rotatable bonds is 4. The van der Waals surface area contributed by atoms with Crippen molar-refractivity contribution in [3.8, 4) is 0 Å². The maximum atomic E-state index is 12.2. The van der Waals surface area contributed by atoms with Gasteiger partial charge in [0.05, 0.1) is 4.88 Å². The minimum Gasteiger partial charge on any atom is -0.399 e. The number of nitrogen functional groups attached to an aromatic ring is 1. The van der Waals surface area contributed by atoms with Crippen molar-refractivity contribution in [2.45, 2.75) is 27.7 Å². The van der Waals surface area contributed by atoms with Crippen LogP contribution in [0.15, 0.2) is 24.3 Å². The SMILES string of the molecule is CC(C)C(C)(C)CNC(=O)c1cc2cc(N)ccc2s1. The molecule has 1 aromatic heterocycles. The van der Waals surface area contributed by atoms with Gasteiger partial charge in [-0.1, -0.05) is 27.7 Å². The number of nitrogens with two attached hydrogens (primary N) is 1. The van der Waals surface area contributed by atoms with E-state index in [1.807, 2.05) is 24.3 Å². The van der Waals surface area contributed by atoms with Gasteiger partial charge in [0.2, 0.25) is 0 Å². The number of carbonyl (C=O) groups excluding carboxylic acids is 1. The Morgan fingerprint density at radius 3 is 2.70 bits per heavy atom. The van der Waals surface area contributed by atoms with Gasteiger partial charge in [-0.15, -0.1) is 11.3 Å². The maximum absolute atomic E-state index is 12.2. The van der Waals surface area contributed by atoms with Gasteiger partial charge < -0.3 is 11.1 Å². The molecule has 0 bridgehead atoms. The van der Waals surface area contributed by atoms with Gasteiger partial charge in [0, 0.05) is 16.9 Å². The molecular formula is C16H22N2OS. The summed E-state index contributed by atoms with van der Waals surface area (Å²) >= 11 is 1.51. The number of amides is 1. The van der Waals surface area contributed by atoms with E-state index in [0.717, 1.165) is 20.7 Å². The normalized spacial score (nSPS) is 12.1. The monoisotopic (exact) mass is 290 g/mol. The molecule has 0 spiro atoms. The van der Waals surface area contributed by atoms with Crippen LogP contribution in [0.2, 0.25) is 0 Å². The Morgan fingerprint density at radius 1 is 1.35 bits per heavy atom. The summed E-state index contributed by atoms with van der Waals surface area (Å²) in [5, 5.41) is 4.07. The Labute approximate surface area is 124 Å². The van der Waals surface area contributed by atoms with Crippen molar-refractivity contribution in [2.24, 2.45) is 11.3 Å². The first-order chi connectivity index (χ1) is 9.29. The Balaban J connectivity index is 2.12. The lowest BCUT2D eigenvalue weighted by atomic mass is 9.81. The molecule has 3 N–H and O–H groups in total. The molecule has 20 heavy (non-hydrogen) atoms. The number of anilines is 1. The molecular weight excluding hydrogens is 268 g/mol. The number of nitrogens with one attached hydrogen (secondary N) is 1. The lowest BCUT2D eigenvalue weighted by Gasteiger charge is -2.29. The first kappa shape index (κ1) is 14.9. The second kappa shape index (κ2) is 5.44. The van der Waals surface area contributed by atoms with E-state index in [4.69, 9.17) is 5.73 Å².